The number of rotatable bonds is 14. The van der Waals surface area contributed by atoms with E-state index in [2.05, 4.69) is 23.5 Å². The van der Waals surface area contributed by atoms with Gasteiger partial charge in [0, 0.05) is 24.5 Å². The zero-order valence-electron chi connectivity index (χ0n) is 22.3. The molecular weight excluding hydrogens is 505 g/mol. The summed E-state index contributed by atoms with van der Waals surface area (Å²) in [6.07, 6.45) is -0.768. The third-order valence-corrected chi connectivity index (χ3v) is 6.71. The molecule has 1 atom stereocenters. The van der Waals surface area contributed by atoms with E-state index >= 15 is 0 Å². The summed E-state index contributed by atoms with van der Waals surface area (Å²) in [7, 11) is 3.01. The van der Waals surface area contributed by atoms with Crippen LogP contribution in [0.25, 0.3) is 0 Å². The number of nitrogens with zero attached hydrogens (tertiary/aromatic N) is 2. The monoisotopic (exact) mass is 542 g/mol. The van der Waals surface area contributed by atoms with Crippen LogP contribution in [0.1, 0.15) is 66.9 Å². The van der Waals surface area contributed by atoms with Crippen molar-refractivity contribution in [3.8, 4) is 11.5 Å². The number of methoxy groups -OCH3 is 1. The van der Waals surface area contributed by atoms with Crippen LogP contribution in [0.5, 0.6) is 11.5 Å². The summed E-state index contributed by atoms with van der Waals surface area (Å²) in [6, 6.07) is 9.42. The van der Waals surface area contributed by atoms with E-state index in [1.165, 1.54) is 18.1 Å². The highest BCUT2D eigenvalue weighted by molar-refractivity contribution is 6.31. The van der Waals surface area contributed by atoms with Gasteiger partial charge in [0.05, 0.1) is 12.7 Å². The number of aryl methyl sites for hydroxylation is 1. The second kappa shape index (κ2) is 14.5. The molecule has 1 unspecified atom stereocenters. The number of amides is 1. The largest absolute Gasteiger partial charge is 0.573 e. The van der Waals surface area contributed by atoms with E-state index in [0.717, 1.165) is 68.6 Å². The van der Waals surface area contributed by atoms with Crippen LogP contribution in [0.2, 0.25) is 5.02 Å². The lowest BCUT2D eigenvalue weighted by atomic mass is 9.93. The van der Waals surface area contributed by atoms with Gasteiger partial charge in [0.15, 0.2) is 0 Å². The molecule has 0 aliphatic carbocycles. The summed E-state index contributed by atoms with van der Waals surface area (Å²) in [5.74, 6) is -0.772. The molecule has 0 saturated carbocycles. The van der Waals surface area contributed by atoms with Gasteiger partial charge in [-0.1, -0.05) is 44.0 Å². The minimum absolute atomic E-state index is 0.00277. The fourth-order valence-electron chi connectivity index (χ4n) is 4.27. The number of carbonyl (C=O) groups is 1. The molecule has 206 valence electrons. The number of halogens is 4. The maximum atomic E-state index is 13.4. The van der Waals surface area contributed by atoms with E-state index in [4.69, 9.17) is 16.3 Å². The number of ether oxygens (including phenoxy) is 2. The van der Waals surface area contributed by atoms with Crippen molar-refractivity contribution in [2.75, 3.05) is 40.3 Å². The summed E-state index contributed by atoms with van der Waals surface area (Å²) in [4.78, 5) is 17.3. The Kier molecular flexibility index (Phi) is 12.0. The van der Waals surface area contributed by atoms with Gasteiger partial charge in [-0.15, -0.1) is 13.2 Å². The Balaban J connectivity index is 2.29. The van der Waals surface area contributed by atoms with Gasteiger partial charge in [-0.25, -0.2) is 0 Å². The predicted octanol–water partition coefficient (Wildman–Crippen LogP) is 7.31. The summed E-state index contributed by atoms with van der Waals surface area (Å²) < 4.78 is 47.5. The van der Waals surface area contributed by atoms with Crippen LogP contribution in [-0.2, 0) is 0 Å². The van der Waals surface area contributed by atoms with Crippen LogP contribution >= 0.6 is 11.6 Å². The molecule has 2 rings (SSSR count). The fourth-order valence-corrected chi connectivity index (χ4v) is 4.46. The molecule has 0 saturated heterocycles. The molecule has 0 aromatic heterocycles. The van der Waals surface area contributed by atoms with Crippen LogP contribution in [0.15, 0.2) is 36.4 Å². The van der Waals surface area contributed by atoms with Crippen molar-refractivity contribution < 1.29 is 27.4 Å². The highest BCUT2D eigenvalue weighted by Crippen LogP contribution is 2.31. The molecule has 2 aromatic carbocycles. The molecular formula is C28H38ClF3N2O3. The number of unbranched alkanes of at least 4 members (excludes halogenated alkanes) is 1. The van der Waals surface area contributed by atoms with E-state index in [9.17, 15) is 18.0 Å². The number of benzene rings is 2. The van der Waals surface area contributed by atoms with E-state index < -0.39 is 18.0 Å². The zero-order valence-corrected chi connectivity index (χ0v) is 23.1. The van der Waals surface area contributed by atoms with Crippen molar-refractivity contribution in [2.24, 2.45) is 0 Å². The minimum atomic E-state index is -4.86. The molecule has 9 heteroatoms. The molecule has 5 nitrogen and oxygen atoms in total. The molecule has 0 bridgehead atoms. The van der Waals surface area contributed by atoms with Crippen molar-refractivity contribution >= 4 is 17.5 Å². The average molecular weight is 543 g/mol. The Hall–Kier alpha value is -2.45. The SMILES string of the molecule is CCCCN(CCC)CCC(CN(C)C(=O)c1cc(OC(F)(F)F)ccc1OC)c1ccc(C)c(Cl)c1. The summed E-state index contributed by atoms with van der Waals surface area (Å²) >= 11 is 6.43. The second-order valence-corrected chi connectivity index (χ2v) is 9.69. The lowest BCUT2D eigenvalue weighted by Gasteiger charge is -2.29. The van der Waals surface area contributed by atoms with Gasteiger partial charge >= 0.3 is 6.36 Å². The maximum absolute atomic E-state index is 13.4. The molecule has 0 N–H and O–H groups in total. The summed E-state index contributed by atoms with van der Waals surface area (Å²) in [5, 5.41) is 0.659. The Labute approximate surface area is 223 Å². The van der Waals surface area contributed by atoms with Gasteiger partial charge < -0.3 is 19.3 Å². The average Bonchev–Trinajstić information content (AvgIpc) is 2.84. The normalized spacial score (nSPS) is 12.5. The quantitative estimate of drug-likeness (QED) is 0.251. The number of carbonyl (C=O) groups excluding carboxylic acids is 1. The van der Waals surface area contributed by atoms with Gasteiger partial charge in [-0.3, -0.25) is 4.79 Å². The van der Waals surface area contributed by atoms with Crippen LogP contribution in [-0.4, -0.2) is 62.4 Å². The van der Waals surface area contributed by atoms with Gasteiger partial charge in [0.25, 0.3) is 5.91 Å². The molecule has 2 aromatic rings. The van der Waals surface area contributed by atoms with Crippen LogP contribution < -0.4 is 9.47 Å². The topological polar surface area (TPSA) is 42.0 Å². The van der Waals surface area contributed by atoms with Crippen molar-refractivity contribution in [1.29, 1.82) is 0 Å². The fraction of sp³-hybridized carbons (Fsp3) is 0.536. The molecule has 0 spiro atoms. The molecule has 0 aliphatic rings. The molecule has 37 heavy (non-hydrogen) atoms. The van der Waals surface area contributed by atoms with Crippen molar-refractivity contribution in [3.63, 3.8) is 0 Å². The number of hydrogen-bond donors (Lipinski definition) is 0. The summed E-state index contributed by atoms with van der Waals surface area (Å²) in [6.45, 7) is 9.51. The molecule has 0 aliphatic heterocycles. The van der Waals surface area contributed by atoms with Crippen molar-refractivity contribution in [2.45, 2.75) is 58.7 Å². The van der Waals surface area contributed by atoms with Crippen LogP contribution in [0.3, 0.4) is 0 Å². The molecule has 0 fully saturated rings. The lowest BCUT2D eigenvalue weighted by Crippen LogP contribution is -2.34. The van der Waals surface area contributed by atoms with Crippen LogP contribution in [0, 0.1) is 6.92 Å². The lowest BCUT2D eigenvalue weighted by molar-refractivity contribution is -0.274. The Bertz CT molecular complexity index is 1020. The summed E-state index contributed by atoms with van der Waals surface area (Å²) in [5.41, 5.74) is 1.99. The molecule has 1 amide bonds. The van der Waals surface area contributed by atoms with Crippen molar-refractivity contribution in [3.05, 3.63) is 58.1 Å². The van der Waals surface area contributed by atoms with E-state index in [1.54, 1.807) is 7.05 Å². The highest BCUT2D eigenvalue weighted by Gasteiger charge is 2.32. The van der Waals surface area contributed by atoms with Gasteiger partial charge in [-0.2, -0.15) is 0 Å². The third-order valence-electron chi connectivity index (χ3n) is 6.30. The first kappa shape index (κ1) is 30.8. The maximum Gasteiger partial charge on any atom is 0.573 e. The van der Waals surface area contributed by atoms with Crippen LogP contribution in [0.4, 0.5) is 13.2 Å². The Morgan fingerprint density at radius 2 is 1.78 bits per heavy atom. The predicted molar refractivity (Wildman–Crippen MR) is 142 cm³/mol. The smallest absolute Gasteiger partial charge is 0.496 e. The van der Waals surface area contributed by atoms with Crippen molar-refractivity contribution in [1.82, 2.24) is 9.80 Å². The first-order chi connectivity index (χ1) is 17.5. The Morgan fingerprint density at radius 3 is 2.38 bits per heavy atom. The van der Waals surface area contributed by atoms with E-state index in [1.807, 2.05) is 25.1 Å². The van der Waals surface area contributed by atoms with E-state index in [-0.39, 0.29) is 17.2 Å². The first-order valence-electron chi connectivity index (χ1n) is 12.7. The molecule has 0 heterocycles. The second-order valence-electron chi connectivity index (χ2n) is 9.28. The van der Waals surface area contributed by atoms with Gasteiger partial charge in [0.2, 0.25) is 0 Å². The highest BCUT2D eigenvalue weighted by atomic mass is 35.5. The third kappa shape index (κ3) is 9.74. The first-order valence-corrected chi connectivity index (χ1v) is 13.0. The number of likely N-dealkylation sites (N-methyl/N-ethyl adjacent to an activating group) is 1. The van der Waals surface area contributed by atoms with Gasteiger partial charge in [-0.05, 0) is 81.2 Å². The van der Waals surface area contributed by atoms with E-state index in [0.29, 0.717) is 11.6 Å². The number of hydrogen-bond acceptors (Lipinski definition) is 4. The van der Waals surface area contributed by atoms with Gasteiger partial charge in [0.1, 0.15) is 11.5 Å². The minimum Gasteiger partial charge on any atom is -0.496 e. The zero-order chi connectivity index (χ0) is 27.6. The Morgan fingerprint density at radius 1 is 1.05 bits per heavy atom. The molecule has 0 radical (unpaired) electrons. The number of alkyl halides is 3. The standard InChI is InChI=1S/C28H38ClF3N2O3/c1-6-8-15-34(14-7-2)16-13-22(21-10-9-20(3)25(29)17-21)19-33(4)27(35)24-18-23(37-28(30,31)32)11-12-26(24)36-5/h9-12,17-18,22H,6-8,13-16,19H2,1-5H3.